The van der Waals surface area contributed by atoms with Gasteiger partial charge >= 0.3 is 5.63 Å². The molecule has 128 valence electrons. The third-order valence-electron chi connectivity index (χ3n) is 4.03. The van der Waals surface area contributed by atoms with Crippen LogP contribution < -0.4 is 15.7 Å². The van der Waals surface area contributed by atoms with Crippen molar-refractivity contribution in [1.82, 2.24) is 0 Å². The van der Waals surface area contributed by atoms with Crippen molar-refractivity contribution < 1.29 is 13.9 Å². The Morgan fingerprint density at radius 2 is 1.80 bits per heavy atom. The molecule has 5 nitrogen and oxygen atoms in total. The van der Waals surface area contributed by atoms with E-state index in [-0.39, 0.29) is 5.76 Å². The first-order chi connectivity index (χ1) is 12.0. The zero-order valence-corrected chi connectivity index (χ0v) is 14.3. The molecule has 0 aliphatic carbocycles. The predicted molar refractivity (Wildman–Crippen MR) is 97.5 cm³/mol. The van der Waals surface area contributed by atoms with Gasteiger partial charge in [-0.1, -0.05) is 26.0 Å². The Morgan fingerprint density at radius 3 is 2.44 bits per heavy atom. The van der Waals surface area contributed by atoms with Gasteiger partial charge in [-0.2, -0.15) is 0 Å². The van der Waals surface area contributed by atoms with Gasteiger partial charge in [-0.3, -0.25) is 4.79 Å². The topological polar surface area (TPSA) is 68.5 Å². The van der Waals surface area contributed by atoms with E-state index in [0.717, 1.165) is 0 Å². The molecule has 0 aliphatic rings. The summed E-state index contributed by atoms with van der Waals surface area (Å²) in [7, 11) is 1.54. The van der Waals surface area contributed by atoms with E-state index in [1.165, 1.54) is 11.6 Å². The van der Waals surface area contributed by atoms with E-state index in [0.29, 0.717) is 28.1 Å². The van der Waals surface area contributed by atoms with E-state index in [9.17, 15) is 9.59 Å². The molecule has 0 bridgehead atoms. The van der Waals surface area contributed by atoms with Crippen molar-refractivity contribution >= 4 is 22.4 Å². The molecule has 0 saturated carbocycles. The Kier molecular flexibility index (Phi) is 4.57. The van der Waals surface area contributed by atoms with Gasteiger partial charge in [0.25, 0.3) is 5.91 Å². The summed E-state index contributed by atoms with van der Waals surface area (Å²) in [5, 5.41) is 3.74. The van der Waals surface area contributed by atoms with E-state index in [1.807, 2.05) is 24.3 Å². The van der Waals surface area contributed by atoms with Crippen LogP contribution in [0.15, 0.2) is 57.7 Å². The minimum absolute atomic E-state index is 0.0429. The second-order valence-corrected chi connectivity index (χ2v) is 6.08. The highest BCUT2D eigenvalue weighted by Crippen LogP contribution is 2.21. The highest BCUT2D eigenvalue weighted by molar-refractivity contribution is 6.04. The number of methoxy groups -OCH3 is 1. The molecule has 1 aromatic heterocycles. The highest BCUT2D eigenvalue weighted by atomic mass is 16.5. The van der Waals surface area contributed by atoms with Crippen LogP contribution in [-0.2, 0) is 0 Å². The molecule has 1 N–H and O–H groups in total. The van der Waals surface area contributed by atoms with Crippen molar-refractivity contribution in [1.29, 1.82) is 0 Å². The molecule has 0 fully saturated rings. The zero-order chi connectivity index (χ0) is 18.0. The molecule has 0 aliphatic heterocycles. The highest BCUT2D eigenvalue weighted by Gasteiger charge is 2.13. The van der Waals surface area contributed by atoms with Crippen molar-refractivity contribution in [3.63, 3.8) is 0 Å². The average Bonchev–Trinajstić information content (AvgIpc) is 2.61. The smallest absolute Gasteiger partial charge is 0.344 e. The van der Waals surface area contributed by atoms with Crippen molar-refractivity contribution in [2.45, 2.75) is 19.8 Å². The zero-order valence-electron chi connectivity index (χ0n) is 14.3. The molecule has 5 heteroatoms. The molecular weight excluding hydrogens is 318 g/mol. The molecule has 2 aromatic carbocycles. The van der Waals surface area contributed by atoms with Gasteiger partial charge in [0.05, 0.1) is 12.5 Å². The monoisotopic (exact) mass is 337 g/mol. The Balaban J connectivity index is 1.90. The Bertz CT molecular complexity index is 971. The largest absolute Gasteiger partial charge is 0.497 e. The van der Waals surface area contributed by atoms with Crippen LogP contribution in [-0.4, -0.2) is 13.0 Å². The number of ether oxygens (including phenoxy) is 1. The number of rotatable bonds is 4. The summed E-state index contributed by atoms with van der Waals surface area (Å²) < 4.78 is 10.3. The summed E-state index contributed by atoms with van der Waals surface area (Å²) in [5.74, 6) is 0.504. The van der Waals surface area contributed by atoms with Gasteiger partial charge in [0.1, 0.15) is 5.75 Å². The lowest BCUT2D eigenvalue weighted by atomic mass is 10.0. The molecule has 0 atom stereocenters. The third-order valence-corrected chi connectivity index (χ3v) is 4.03. The number of carbonyl (C=O) groups is 1. The van der Waals surface area contributed by atoms with Gasteiger partial charge in [-0.15, -0.1) is 0 Å². The fourth-order valence-corrected chi connectivity index (χ4v) is 2.55. The van der Waals surface area contributed by atoms with E-state index in [4.69, 9.17) is 9.15 Å². The van der Waals surface area contributed by atoms with Crippen LogP contribution in [0, 0.1) is 0 Å². The van der Waals surface area contributed by atoms with Gasteiger partial charge in [0, 0.05) is 5.69 Å². The summed E-state index contributed by atoms with van der Waals surface area (Å²) in [6.07, 6.45) is 0. The third kappa shape index (κ3) is 3.55. The molecule has 3 rings (SSSR count). The molecule has 0 saturated heterocycles. The van der Waals surface area contributed by atoms with E-state index in [1.54, 1.807) is 25.3 Å². The molecule has 0 radical (unpaired) electrons. The standard InChI is InChI=1S/C20H19NO4/c1-12(2)13-4-6-15(7-5-13)21-19(22)18-11-14-10-16(24-3)8-9-17(14)20(23)25-18/h4-12H,1-3H3,(H,21,22). The molecule has 3 aromatic rings. The van der Waals surface area contributed by atoms with Gasteiger partial charge < -0.3 is 14.5 Å². The molecule has 25 heavy (non-hydrogen) atoms. The molecule has 1 heterocycles. The van der Waals surface area contributed by atoms with Crippen LogP contribution in [0.1, 0.15) is 35.9 Å². The van der Waals surface area contributed by atoms with Crippen molar-refractivity contribution in [3.05, 3.63) is 70.3 Å². The first-order valence-electron chi connectivity index (χ1n) is 8.01. The van der Waals surface area contributed by atoms with Crippen LogP contribution >= 0.6 is 0 Å². The predicted octanol–water partition coefficient (Wildman–Crippen LogP) is 4.18. The summed E-state index contributed by atoms with van der Waals surface area (Å²) in [4.78, 5) is 24.5. The lowest BCUT2D eigenvalue weighted by Gasteiger charge is -2.08. The Morgan fingerprint density at radius 1 is 1.08 bits per heavy atom. The summed E-state index contributed by atoms with van der Waals surface area (Å²) >= 11 is 0. The SMILES string of the molecule is COc1ccc2c(=O)oc(C(=O)Nc3ccc(C(C)C)cc3)cc2c1. The van der Waals surface area contributed by atoms with Gasteiger partial charge in [-0.25, -0.2) is 4.79 Å². The van der Waals surface area contributed by atoms with Crippen LogP contribution in [0.3, 0.4) is 0 Å². The van der Waals surface area contributed by atoms with Crippen molar-refractivity contribution in [3.8, 4) is 5.75 Å². The number of fused-ring (bicyclic) bond motifs is 1. The number of nitrogens with one attached hydrogen (secondary N) is 1. The van der Waals surface area contributed by atoms with Gasteiger partial charge in [0.2, 0.25) is 0 Å². The molecular formula is C20H19NO4. The maximum atomic E-state index is 12.4. The minimum Gasteiger partial charge on any atom is -0.497 e. The van der Waals surface area contributed by atoms with E-state index in [2.05, 4.69) is 19.2 Å². The maximum Gasteiger partial charge on any atom is 0.344 e. The fraction of sp³-hybridized carbons (Fsp3) is 0.200. The van der Waals surface area contributed by atoms with Gasteiger partial charge in [0.15, 0.2) is 5.76 Å². The Labute approximate surface area is 145 Å². The van der Waals surface area contributed by atoms with Crippen LogP contribution in [0.4, 0.5) is 5.69 Å². The average molecular weight is 337 g/mol. The number of anilines is 1. The second-order valence-electron chi connectivity index (χ2n) is 6.08. The summed E-state index contributed by atoms with van der Waals surface area (Å²) in [5.41, 5.74) is 1.27. The number of carbonyl (C=O) groups excluding carboxylic acids is 1. The van der Waals surface area contributed by atoms with Crippen LogP contribution in [0.2, 0.25) is 0 Å². The van der Waals surface area contributed by atoms with Crippen LogP contribution in [0.25, 0.3) is 10.8 Å². The number of amides is 1. The minimum atomic E-state index is -0.555. The number of hydrogen-bond donors (Lipinski definition) is 1. The lowest BCUT2D eigenvalue weighted by molar-refractivity contribution is 0.0993. The second kappa shape index (κ2) is 6.81. The normalized spacial score (nSPS) is 10.9. The van der Waals surface area contributed by atoms with E-state index < -0.39 is 11.5 Å². The fourth-order valence-electron chi connectivity index (χ4n) is 2.55. The molecule has 1 amide bonds. The summed E-state index contributed by atoms with van der Waals surface area (Å²) in [6, 6.07) is 14.1. The quantitative estimate of drug-likeness (QED) is 0.775. The van der Waals surface area contributed by atoms with Gasteiger partial charge in [-0.05, 0) is 53.3 Å². The lowest BCUT2D eigenvalue weighted by Crippen LogP contribution is -2.15. The molecule has 0 spiro atoms. The number of hydrogen-bond acceptors (Lipinski definition) is 4. The molecule has 0 unspecified atom stereocenters. The number of benzene rings is 2. The first kappa shape index (κ1) is 16.8. The van der Waals surface area contributed by atoms with Crippen molar-refractivity contribution in [2.24, 2.45) is 0 Å². The first-order valence-corrected chi connectivity index (χ1v) is 8.01. The van der Waals surface area contributed by atoms with Crippen molar-refractivity contribution in [2.75, 3.05) is 12.4 Å². The summed E-state index contributed by atoms with van der Waals surface area (Å²) in [6.45, 7) is 4.21. The van der Waals surface area contributed by atoms with E-state index >= 15 is 0 Å². The Hall–Kier alpha value is -3.08. The van der Waals surface area contributed by atoms with Crippen LogP contribution in [0.5, 0.6) is 5.75 Å². The maximum absolute atomic E-state index is 12.4.